The van der Waals surface area contributed by atoms with Crippen molar-refractivity contribution in [2.75, 3.05) is 10.5 Å². The molecule has 0 saturated carbocycles. The highest BCUT2D eigenvalue weighted by atomic mass is 79.9. The molecule has 0 unspecified atom stereocenters. The molecule has 0 atom stereocenters. The van der Waals surface area contributed by atoms with Crippen LogP contribution in [-0.4, -0.2) is 19.2 Å². The molecule has 0 saturated heterocycles. The average molecular weight is 307 g/mol. The van der Waals surface area contributed by atoms with Gasteiger partial charge in [0.25, 0.3) is 0 Å². The van der Waals surface area contributed by atoms with E-state index in [2.05, 4.69) is 25.6 Å². The molecule has 1 rings (SSSR count). The van der Waals surface area contributed by atoms with E-state index >= 15 is 0 Å². The third kappa shape index (κ3) is 4.94. The van der Waals surface area contributed by atoms with Crippen molar-refractivity contribution in [2.24, 2.45) is 5.41 Å². The van der Waals surface area contributed by atoms with Gasteiger partial charge in [0.05, 0.1) is 17.6 Å². The van der Waals surface area contributed by atoms with Crippen molar-refractivity contribution in [3.63, 3.8) is 0 Å². The maximum atomic E-state index is 11.7. The van der Waals surface area contributed by atoms with Gasteiger partial charge in [0.1, 0.15) is 4.60 Å². The highest BCUT2D eigenvalue weighted by Gasteiger charge is 2.21. The van der Waals surface area contributed by atoms with Crippen LogP contribution in [0.25, 0.3) is 0 Å². The lowest BCUT2D eigenvalue weighted by Gasteiger charge is -2.18. The van der Waals surface area contributed by atoms with Gasteiger partial charge >= 0.3 is 0 Å². The Bertz CT molecular complexity index is 449. The van der Waals surface area contributed by atoms with Gasteiger partial charge in [0, 0.05) is 0 Å². The van der Waals surface area contributed by atoms with E-state index in [9.17, 15) is 8.42 Å². The van der Waals surface area contributed by atoms with E-state index in [0.717, 1.165) is 0 Å². The van der Waals surface area contributed by atoms with Gasteiger partial charge in [0.15, 0.2) is 0 Å². The van der Waals surface area contributed by atoms with Crippen LogP contribution in [0.1, 0.15) is 20.8 Å². The van der Waals surface area contributed by atoms with Gasteiger partial charge in [-0.1, -0.05) is 20.8 Å². The first-order valence-electron chi connectivity index (χ1n) is 4.80. The molecule has 0 amide bonds. The van der Waals surface area contributed by atoms with Crippen molar-refractivity contribution >= 4 is 31.6 Å². The summed E-state index contributed by atoms with van der Waals surface area (Å²) in [7, 11) is -3.31. The van der Waals surface area contributed by atoms with Crippen LogP contribution in [0, 0.1) is 5.41 Å². The van der Waals surface area contributed by atoms with Crippen molar-refractivity contribution in [3.05, 3.63) is 22.9 Å². The van der Waals surface area contributed by atoms with Crippen LogP contribution in [0.2, 0.25) is 0 Å². The minimum absolute atomic E-state index is 0.0794. The highest BCUT2D eigenvalue weighted by molar-refractivity contribution is 9.10. The normalized spacial score (nSPS) is 12.5. The standard InChI is InChI=1S/C10H15BrN2O2S/c1-10(2,3)7-16(14,15)13-8-4-5-9(11)12-6-8/h4-6,13H,7H2,1-3H3. The molecule has 0 aliphatic rings. The fraction of sp³-hybridized carbons (Fsp3) is 0.500. The van der Waals surface area contributed by atoms with Gasteiger partial charge in [-0.25, -0.2) is 13.4 Å². The number of halogens is 1. The van der Waals surface area contributed by atoms with Gasteiger partial charge in [0.2, 0.25) is 10.0 Å². The van der Waals surface area contributed by atoms with Crippen molar-refractivity contribution < 1.29 is 8.42 Å². The van der Waals surface area contributed by atoms with Gasteiger partial charge in [-0.15, -0.1) is 0 Å². The van der Waals surface area contributed by atoms with Crippen molar-refractivity contribution in [3.8, 4) is 0 Å². The number of hydrogen-bond donors (Lipinski definition) is 1. The van der Waals surface area contributed by atoms with E-state index in [-0.39, 0.29) is 11.2 Å². The molecular formula is C10H15BrN2O2S. The van der Waals surface area contributed by atoms with Crippen LogP contribution in [0.4, 0.5) is 5.69 Å². The number of hydrogen-bond acceptors (Lipinski definition) is 3. The molecule has 0 bridgehead atoms. The summed E-state index contributed by atoms with van der Waals surface area (Å²) in [6.07, 6.45) is 1.48. The largest absolute Gasteiger partial charge is 0.282 e. The van der Waals surface area contributed by atoms with Crippen LogP contribution >= 0.6 is 15.9 Å². The Kier molecular flexibility index (Phi) is 3.96. The molecule has 1 heterocycles. The van der Waals surface area contributed by atoms with E-state index in [0.29, 0.717) is 10.3 Å². The molecule has 0 radical (unpaired) electrons. The first-order chi connectivity index (χ1) is 7.18. The van der Waals surface area contributed by atoms with E-state index < -0.39 is 10.0 Å². The summed E-state index contributed by atoms with van der Waals surface area (Å²) in [5, 5.41) is 0. The number of nitrogens with one attached hydrogen (secondary N) is 1. The lowest BCUT2D eigenvalue weighted by atomic mass is 10.0. The molecule has 1 aromatic heterocycles. The van der Waals surface area contributed by atoms with Crippen molar-refractivity contribution in [2.45, 2.75) is 20.8 Å². The summed E-state index contributed by atoms with van der Waals surface area (Å²) >= 11 is 3.19. The molecule has 6 heteroatoms. The third-order valence-electron chi connectivity index (χ3n) is 1.62. The van der Waals surface area contributed by atoms with Gasteiger partial charge in [-0.3, -0.25) is 4.72 Å². The van der Waals surface area contributed by atoms with E-state index in [1.54, 1.807) is 12.1 Å². The summed E-state index contributed by atoms with van der Waals surface area (Å²) in [6, 6.07) is 3.35. The van der Waals surface area contributed by atoms with Crippen LogP contribution < -0.4 is 4.72 Å². The number of sulfonamides is 1. The lowest BCUT2D eigenvalue weighted by molar-refractivity contribution is 0.463. The second-order valence-corrected chi connectivity index (χ2v) is 7.33. The molecule has 1 aromatic rings. The van der Waals surface area contributed by atoms with Gasteiger partial charge < -0.3 is 0 Å². The Labute approximate surface area is 105 Å². The molecule has 0 aromatic carbocycles. The smallest absolute Gasteiger partial charge is 0.233 e. The summed E-state index contributed by atoms with van der Waals surface area (Å²) in [4.78, 5) is 3.95. The molecular weight excluding hydrogens is 292 g/mol. The van der Waals surface area contributed by atoms with E-state index in [1.807, 2.05) is 20.8 Å². The molecule has 0 fully saturated rings. The second-order valence-electron chi connectivity index (χ2n) is 4.79. The predicted octanol–water partition coefficient (Wildman–Crippen LogP) is 2.63. The third-order valence-corrected chi connectivity index (χ3v) is 3.89. The van der Waals surface area contributed by atoms with E-state index in [1.165, 1.54) is 6.20 Å². The fourth-order valence-corrected chi connectivity index (χ4v) is 3.15. The van der Waals surface area contributed by atoms with Crippen LogP contribution in [0.3, 0.4) is 0 Å². The Balaban J connectivity index is 2.77. The zero-order valence-corrected chi connectivity index (χ0v) is 11.9. The van der Waals surface area contributed by atoms with Crippen LogP contribution in [0.15, 0.2) is 22.9 Å². The molecule has 4 nitrogen and oxygen atoms in total. The Morgan fingerprint density at radius 3 is 2.44 bits per heavy atom. The maximum Gasteiger partial charge on any atom is 0.233 e. The predicted molar refractivity (Wildman–Crippen MR) is 68.8 cm³/mol. The summed E-state index contributed by atoms with van der Waals surface area (Å²) < 4.78 is 26.7. The van der Waals surface area contributed by atoms with Gasteiger partial charge in [-0.05, 0) is 33.5 Å². The second kappa shape index (κ2) is 4.71. The number of pyridine rings is 1. The zero-order chi connectivity index (χ0) is 12.4. The van der Waals surface area contributed by atoms with Crippen molar-refractivity contribution in [1.29, 1.82) is 0 Å². The Morgan fingerprint density at radius 2 is 2.00 bits per heavy atom. The van der Waals surface area contributed by atoms with Crippen LogP contribution in [0.5, 0.6) is 0 Å². The first-order valence-corrected chi connectivity index (χ1v) is 7.25. The Hall–Kier alpha value is -0.620. The minimum Gasteiger partial charge on any atom is -0.282 e. The SMILES string of the molecule is CC(C)(C)CS(=O)(=O)Nc1ccc(Br)nc1. The fourth-order valence-electron chi connectivity index (χ4n) is 1.22. The van der Waals surface area contributed by atoms with E-state index in [4.69, 9.17) is 0 Å². The summed E-state index contributed by atoms with van der Waals surface area (Å²) in [5.41, 5.74) is 0.210. The maximum absolute atomic E-state index is 11.7. The summed E-state index contributed by atoms with van der Waals surface area (Å²) in [5.74, 6) is 0.0794. The lowest BCUT2D eigenvalue weighted by Crippen LogP contribution is -2.26. The molecule has 0 aliphatic heterocycles. The van der Waals surface area contributed by atoms with Crippen LogP contribution in [-0.2, 0) is 10.0 Å². The first kappa shape index (κ1) is 13.4. The number of aromatic nitrogens is 1. The average Bonchev–Trinajstić information content (AvgIpc) is 2.04. The quantitative estimate of drug-likeness (QED) is 0.873. The zero-order valence-electron chi connectivity index (χ0n) is 9.49. The van der Waals surface area contributed by atoms with Gasteiger partial charge in [-0.2, -0.15) is 0 Å². The number of rotatable bonds is 3. The molecule has 90 valence electrons. The number of nitrogens with zero attached hydrogens (tertiary/aromatic N) is 1. The molecule has 0 aliphatic carbocycles. The molecule has 0 spiro atoms. The topological polar surface area (TPSA) is 59.1 Å². The number of anilines is 1. The Morgan fingerprint density at radius 1 is 1.38 bits per heavy atom. The monoisotopic (exact) mass is 306 g/mol. The summed E-state index contributed by atoms with van der Waals surface area (Å²) in [6.45, 7) is 5.64. The highest BCUT2D eigenvalue weighted by Crippen LogP contribution is 2.18. The minimum atomic E-state index is -3.31. The molecule has 1 N–H and O–H groups in total. The van der Waals surface area contributed by atoms with Crippen molar-refractivity contribution in [1.82, 2.24) is 4.98 Å². The molecule has 16 heavy (non-hydrogen) atoms.